The van der Waals surface area contributed by atoms with Crippen molar-refractivity contribution in [3.05, 3.63) is 29.3 Å². The van der Waals surface area contributed by atoms with Crippen molar-refractivity contribution in [2.45, 2.75) is 39.3 Å². The molecule has 0 aliphatic heterocycles. The van der Waals surface area contributed by atoms with Crippen molar-refractivity contribution in [3.8, 4) is 0 Å². The Hall–Kier alpha value is -2.23. The van der Waals surface area contributed by atoms with Gasteiger partial charge in [0.05, 0.1) is 31.0 Å². The number of benzene rings is 1. The quantitative estimate of drug-likeness (QED) is 0.441. The van der Waals surface area contributed by atoms with E-state index in [1.54, 1.807) is 0 Å². The van der Waals surface area contributed by atoms with Crippen molar-refractivity contribution in [2.24, 2.45) is 0 Å². The van der Waals surface area contributed by atoms with Crippen LogP contribution in [0.3, 0.4) is 0 Å². The van der Waals surface area contributed by atoms with Crippen molar-refractivity contribution in [1.29, 1.82) is 0 Å². The molecule has 9 heteroatoms. The topological polar surface area (TPSA) is 100 Å². The van der Waals surface area contributed by atoms with Crippen molar-refractivity contribution >= 4 is 32.1 Å². The fraction of sp³-hybridized carbons (Fsp3) is 0.526. The predicted molar refractivity (Wildman–Crippen MR) is 107 cm³/mol. The largest absolute Gasteiger partial charge is 0.465 e. The van der Waals surface area contributed by atoms with Gasteiger partial charge < -0.3 is 23.6 Å². The molecule has 0 atom stereocenters. The maximum Gasteiger partial charge on any atom is 0.340 e. The molecule has 1 aromatic carbocycles. The van der Waals surface area contributed by atoms with E-state index in [2.05, 4.69) is 10.1 Å². The van der Waals surface area contributed by atoms with E-state index < -0.39 is 20.5 Å². The monoisotopic (exact) mass is 411 g/mol. The Kier molecular flexibility index (Phi) is 9.84. The first-order valence-electron chi connectivity index (χ1n) is 9.18. The van der Waals surface area contributed by atoms with Crippen molar-refractivity contribution < 1.29 is 32.7 Å². The third kappa shape index (κ3) is 7.06. The molecule has 28 heavy (non-hydrogen) atoms. The lowest BCUT2D eigenvalue weighted by Gasteiger charge is -2.25. The molecule has 1 rings (SSSR count). The Balaban J connectivity index is 2.80. The average Bonchev–Trinajstić information content (AvgIpc) is 2.67. The second kappa shape index (κ2) is 11.6. The van der Waals surface area contributed by atoms with Gasteiger partial charge in [-0.25, -0.2) is 9.59 Å². The van der Waals surface area contributed by atoms with Gasteiger partial charge >= 0.3 is 20.5 Å². The van der Waals surface area contributed by atoms with Crippen LogP contribution >= 0.6 is 0 Å². The number of ether oxygens (including phenoxy) is 2. The van der Waals surface area contributed by atoms with Crippen LogP contribution in [0.1, 0.15) is 47.4 Å². The van der Waals surface area contributed by atoms with Gasteiger partial charge in [0.15, 0.2) is 0 Å². The van der Waals surface area contributed by atoms with Gasteiger partial charge in [-0.2, -0.15) is 0 Å². The number of hydrogen-bond acceptors (Lipinski definition) is 7. The normalized spacial score (nSPS) is 11.0. The lowest BCUT2D eigenvalue weighted by atomic mass is 10.1. The fourth-order valence-electron chi connectivity index (χ4n) is 2.76. The molecule has 156 valence electrons. The van der Waals surface area contributed by atoms with Crippen molar-refractivity contribution in [3.63, 3.8) is 0 Å². The maximum absolute atomic E-state index is 12.3. The van der Waals surface area contributed by atoms with E-state index >= 15 is 0 Å². The Morgan fingerprint density at radius 1 is 1.00 bits per heavy atom. The lowest BCUT2D eigenvalue weighted by molar-refractivity contribution is -0.116. The molecule has 0 saturated heterocycles. The van der Waals surface area contributed by atoms with Gasteiger partial charge in [0, 0.05) is 19.6 Å². The van der Waals surface area contributed by atoms with Crippen LogP contribution < -0.4 is 5.32 Å². The molecular weight excluding hydrogens is 382 g/mol. The van der Waals surface area contributed by atoms with Gasteiger partial charge in [-0.05, 0) is 51.1 Å². The third-order valence-electron chi connectivity index (χ3n) is 4.05. The number of carbonyl (C=O) groups is 3. The number of carbonyl (C=O) groups excluding carboxylic acids is 3. The highest BCUT2D eigenvalue weighted by molar-refractivity contribution is 6.66. The molecule has 1 N–H and O–H groups in total. The molecule has 8 nitrogen and oxygen atoms in total. The first-order chi connectivity index (χ1) is 13.3. The highest BCUT2D eigenvalue weighted by Gasteiger charge is 2.30. The van der Waals surface area contributed by atoms with E-state index in [9.17, 15) is 14.4 Å². The minimum Gasteiger partial charge on any atom is -0.465 e. The summed E-state index contributed by atoms with van der Waals surface area (Å²) in [5.74, 6) is -1.49. The molecule has 0 spiro atoms. The number of amides is 1. The zero-order valence-electron chi connectivity index (χ0n) is 17.1. The van der Waals surface area contributed by atoms with Crippen LogP contribution in [-0.2, 0) is 23.1 Å². The number of rotatable bonds is 11. The van der Waals surface area contributed by atoms with Crippen LogP contribution in [-0.4, -0.2) is 53.8 Å². The van der Waals surface area contributed by atoms with Crippen LogP contribution in [0.4, 0.5) is 5.69 Å². The SMILES string of the molecule is CCO[Si](C)(CCCC(=O)Nc1ccc(C(=O)OC)cc1C(=O)OC)OCC. The Bertz CT molecular complexity index is 687. The zero-order chi connectivity index (χ0) is 21.2. The summed E-state index contributed by atoms with van der Waals surface area (Å²) in [7, 11) is 0.203. The molecular formula is C19H29NO7Si. The summed E-state index contributed by atoms with van der Waals surface area (Å²) in [6, 6.07) is 4.98. The highest BCUT2D eigenvalue weighted by atomic mass is 28.4. The van der Waals surface area contributed by atoms with Gasteiger partial charge in [0.2, 0.25) is 5.91 Å². The Morgan fingerprint density at radius 3 is 2.14 bits per heavy atom. The maximum atomic E-state index is 12.3. The summed E-state index contributed by atoms with van der Waals surface area (Å²) in [5.41, 5.74) is 0.553. The fourth-order valence-corrected chi connectivity index (χ4v) is 5.17. The summed E-state index contributed by atoms with van der Waals surface area (Å²) in [5, 5.41) is 2.70. The molecule has 0 bridgehead atoms. The van der Waals surface area contributed by atoms with E-state index in [0.29, 0.717) is 25.7 Å². The van der Waals surface area contributed by atoms with Gasteiger partial charge in [0.25, 0.3) is 0 Å². The van der Waals surface area contributed by atoms with E-state index in [4.69, 9.17) is 13.6 Å². The molecule has 1 amide bonds. The number of esters is 2. The van der Waals surface area contributed by atoms with E-state index in [1.807, 2.05) is 20.4 Å². The van der Waals surface area contributed by atoms with Gasteiger partial charge in [-0.3, -0.25) is 4.79 Å². The van der Waals surface area contributed by atoms with Gasteiger partial charge in [-0.1, -0.05) is 0 Å². The van der Waals surface area contributed by atoms with Crippen LogP contribution in [0.25, 0.3) is 0 Å². The number of anilines is 1. The minimum atomic E-state index is -2.27. The first-order valence-corrected chi connectivity index (χ1v) is 11.7. The van der Waals surface area contributed by atoms with E-state index in [0.717, 1.165) is 0 Å². The van der Waals surface area contributed by atoms with E-state index in [1.165, 1.54) is 32.4 Å². The highest BCUT2D eigenvalue weighted by Crippen LogP contribution is 2.21. The first kappa shape index (κ1) is 23.8. The molecule has 0 aromatic heterocycles. The number of methoxy groups -OCH3 is 2. The molecule has 1 aromatic rings. The number of hydrogen-bond donors (Lipinski definition) is 1. The summed E-state index contributed by atoms with van der Waals surface area (Å²) in [4.78, 5) is 36.0. The van der Waals surface area contributed by atoms with E-state index in [-0.39, 0.29) is 29.1 Å². The molecule has 0 aliphatic carbocycles. The molecule has 0 aliphatic rings. The lowest BCUT2D eigenvalue weighted by Crippen LogP contribution is -2.38. The van der Waals surface area contributed by atoms with Crippen LogP contribution in [0, 0.1) is 0 Å². The summed E-state index contributed by atoms with van der Waals surface area (Å²) < 4.78 is 20.9. The molecule has 0 saturated carbocycles. The third-order valence-corrected chi connectivity index (χ3v) is 7.11. The molecule has 0 heterocycles. The average molecular weight is 412 g/mol. The zero-order valence-corrected chi connectivity index (χ0v) is 18.1. The van der Waals surface area contributed by atoms with Crippen molar-refractivity contribution in [2.75, 3.05) is 32.8 Å². The second-order valence-corrected chi connectivity index (χ2v) is 9.49. The van der Waals surface area contributed by atoms with Gasteiger partial charge in [0.1, 0.15) is 0 Å². The summed E-state index contributed by atoms with van der Waals surface area (Å²) in [6.45, 7) is 6.97. The predicted octanol–water partition coefficient (Wildman–Crippen LogP) is 3.12. The Morgan fingerprint density at radius 2 is 1.61 bits per heavy atom. The van der Waals surface area contributed by atoms with Crippen LogP contribution in [0.15, 0.2) is 18.2 Å². The molecule has 0 fully saturated rings. The summed E-state index contributed by atoms with van der Waals surface area (Å²) in [6.07, 6.45) is 0.852. The second-order valence-electron chi connectivity index (χ2n) is 6.15. The van der Waals surface area contributed by atoms with Crippen LogP contribution in [0.2, 0.25) is 12.6 Å². The Labute approximate surface area is 166 Å². The summed E-state index contributed by atoms with van der Waals surface area (Å²) >= 11 is 0. The van der Waals surface area contributed by atoms with Gasteiger partial charge in [-0.15, -0.1) is 0 Å². The molecule has 0 radical (unpaired) electrons. The minimum absolute atomic E-state index is 0.0848. The smallest absolute Gasteiger partial charge is 0.340 e. The van der Waals surface area contributed by atoms with Crippen LogP contribution in [0.5, 0.6) is 0 Å². The molecule has 0 unspecified atom stereocenters. The standard InChI is InChI=1S/C19H29NO7Si/c1-6-26-28(5,27-7-2)12-8-9-17(21)20-16-11-10-14(18(22)24-3)13-15(16)19(23)25-4/h10-11,13H,6-9,12H2,1-5H3,(H,20,21). The van der Waals surface area contributed by atoms with Crippen molar-refractivity contribution in [1.82, 2.24) is 0 Å². The number of nitrogens with one attached hydrogen (secondary N) is 1.